The molecule has 1 aliphatic heterocycles. The van der Waals surface area contributed by atoms with Crippen LogP contribution in [0.3, 0.4) is 0 Å². The van der Waals surface area contributed by atoms with E-state index in [1.165, 1.54) is 24.3 Å². The fourth-order valence-corrected chi connectivity index (χ4v) is 2.70. The van der Waals surface area contributed by atoms with Crippen molar-refractivity contribution in [1.82, 2.24) is 5.32 Å². The van der Waals surface area contributed by atoms with Crippen LogP contribution < -0.4 is 5.32 Å². The van der Waals surface area contributed by atoms with Crippen LogP contribution in [0.5, 0.6) is 23.0 Å². The number of aromatic hydroxyl groups is 4. The lowest BCUT2D eigenvalue weighted by Gasteiger charge is -2.28. The first-order valence-electron chi connectivity index (χ1n) is 6.34. The first-order valence-corrected chi connectivity index (χ1v) is 6.34. The number of rotatable bonds is 1. The molecule has 1 aliphatic rings. The molecule has 20 heavy (non-hydrogen) atoms. The summed E-state index contributed by atoms with van der Waals surface area (Å²) in [5.41, 5.74) is 2.08. The number of hydrogen-bond acceptors (Lipinski definition) is 5. The highest BCUT2D eigenvalue weighted by Crippen LogP contribution is 2.41. The molecule has 2 aromatic rings. The molecular weight excluding hydrogens is 258 g/mol. The van der Waals surface area contributed by atoms with Gasteiger partial charge in [-0.2, -0.15) is 0 Å². The SMILES string of the molecule is Oc1ccc(C2CNCc3c(O)ccc(O)c32)cc1O. The van der Waals surface area contributed by atoms with Gasteiger partial charge in [0.2, 0.25) is 0 Å². The summed E-state index contributed by atoms with van der Waals surface area (Å²) in [6.45, 7) is 1.06. The standard InChI is InChI=1S/C15H15NO4/c17-11-3-4-13(19)15-9(6-16-7-10(11)15)8-1-2-12(18)14(20)5-8/h1-5,9,16-20H,6-7H2. The smallest absolute Gasteiger partial charge is 0.157 e. The van der Waals surface area contributed by atoms with E-state index < -0.39 is 0 Å². The molecule has 1 unspecified atom stereocenters. The van der Waals surface area contributed by atoms with E-state index in [2.05, 4.69) is 5.32 Å². The summed E-state index contributed by atoms with van der Waals surface area (Å²) >= 11 is 0. The molecule has 1 atom stereocenters. The van der Waals surface area contributed by atoms with Crippen molar-refractivity contribution in [3.05, 3.63) is 47.0 Å². The number of benzene rings is 2. The van der Waals surface area contributed by atoms with Gasteiger partial charge in [-0.3, -0.25) is 0 Å². The molecule has 5 nitrogen and oxygen atoms in total. The van der Waals surface area contributed by atoms with Gasteiger partial charge in [0.15, 0.2) is 11.5 Å². The molecule has 0 aromatic heterocycles. The number of hydrogen-bond donors (Lipinski definition) is 5. The Balaban J connectivity index is 2.14. The van der Waals surface area contributed by atoms with E-state index in [0.29, 0.717) is 24.2 Å². The summed E-state index contributed by atoms with van der Waals surface area (Å²) in [7, 11) is 0. The van der Waals surface area contributed by atoms with Crippen LogP contribution in [0.15, 0.2) is 30.3 Å². The summed E-state index contributed by atoms with van der Waals surface area (Å²) in [6, 6.07) is 7.51. The third-order valence-corrected chi connectivity index (χ3v) is 3.71. The molecule has 5 heteroatoms. The maximum absolute atomic E-state index is 10.1. The predicted molar refractivity (Wildman–Crippen MR) is 73.1 cm³/mol. The lowest BCUT2D eigenvalue weighted by atomic mass is 9.84. The maximum Gasteiger partial charge on any atom is 0.157 e. The van der Waals surface area contributed by atoms with Gasteiger partial charge < -0.3 is 25.7 Å². The van der Waals surface area contributed by atoms with Gasteiger partial charge in [0, 0.05) is 30.1 Å². The van der Waals surface area contributed by atoms with Crippen molar-refractivity contribution in [2.45, 2.75) is 12.5 Å². The molecular formula is C15H15NO4. The molecule has 2 aromatic carbocycles. The van der Waals surface area contributed by atoms with E-state index in [1.54, 1.807) is 6.07 Å². The summed E-state index contributed by atoms with van der Waals surface area (Å²) in [6.07, 6.45) is 0. The highest BCUT2D eigenvalue weighted by molar-refractivity contribution is 5.55. The second-order valence-corrected chi connectivity index (χ2v) is 4.93. The van der Waals surface area contributed by atoms with E-state index in [0.717, 1.165) is 5.56 Å². The van der Waals surface area contributed by atoms with Crippen LogP contribution in [0.4, 0.5) is 0 Å². The van der Waals surface area contributed by atoms with Crippen molar-refractivity contribution in [3.8, 4) is 23.0 Å². The zero-order chi connectivity index (χ0) is 14.3. The van der Waals surface area contributed by atoms with Crippen molar-refractivity contribution in [2.24, 2.45) is 0 Å². The summed E-state index contributed by atoms with van der Waals surface area (Å²) in [5.74, 6) is -0.320. The zero-order valence-electron chi connectivity index (χ0n) is 10.7. The largest absolute Gasteiger partial charge is 0.508 e. The van der Waals surface area contributed by atoms with E-state index in [4.69, 9.17) is 0 Å². The van der Waals surface area contributed by atoms with Crippen LogP contribution in [0.1, 0.15) is 22.6 Å². The maximum atomic E-state index is 10.1. The Kier molecular flexibility index (Phi) is 2.91. The second kappa shape index (κ2) is 4.61. The van der Waals surface area contributed by atoms with Crippen LogP contribution in [-0.2, 0) is 6.54 Å². The Bertz CT molecular complexity index is 669. The molecule has 0 radical (unpaired) electrons. The number of phenolic OH excluding ortho intramolecular Hbond substituents is 4. The fraction of sp³-hybridized carbons (Fsp3) is 0.200. The highest BCUT2D eigenvalue weighted by Gasteiger charge is 2.27. The first-order chi connectivity index (χ1) is 9.58. The predicted octanol–water partition coefficient (Wildman–Crippen LogP) is 1.74. The quantitative estimate of drug-likeness (QED) is 0.403. The van der Waals surface area contributed by atoms with E-state index in [9.17, 15) is 20.4 Å². The molecule has 0 spiro atoms. The van der Waals surface area contributed by atoms with Crippen LogP contribution in [0.2, 0.25) is 0 Å². The van der Waals surface area contributed by atoms with Gasteiger partial charge in [0.25, 0.3) is 0 Å². The Morgan fingerprint density at radius 3 is 2.30 bits per heavy atom. The van der Waals surface area contributed by atoms with Gasteiger partial charge in [0.05, 0.1) is 0 Å². The molecule has 0 aliphatic carbocycles. The Hall–Kier alpha value is -2.40. The van der Waals surface area contributed by atoms with Crippen molar-refractivity contribution >= 4 is 0 Å². The first kappa shape index (κ1) is 12.6. The summed E-state index contributed by atoms with van der Waals surface area (Å²) < 4.78 is 0. The minimum absolute atomic E-state index is 0.122. The van der Waals surface area contributed by atoms with Crippen molar-refractivity contribution < 1.29 is 20.4 Å². The zero-order valence-corrected chi connectivity index (χ0v) is 10.7. The number of phenols is 4. The molecule has 0 saturated carbocycles. The van der Waals surface area contributed by atoms with Crippen molar-refractivity contribution in [2.75, 3.05) is 6.54 Å². The Morgan fingerprint density at radius 2 is 1.55 bits per heavy atom. The molecule has 104 valence electrons. The third-order valence-electron chi connectivity index (χ3n) is 3.71. The molecule has 5 N–H and O–H groups in total. The van der Waals surface area contributed by atoms with E-state index >= 15 is 0 Å². The Labute approximate surface area is 115 Å². The van der Waals surface area contributed by atoms with Crippen molar-refractivity contribution in [1.29, 1.82) is 0 Å². The average molecular weight is 273 g/mol. The van der Waals surface area contributed by atoms with Crippen LogP contribution in [0, 0.1) is 0 Å². The summed E-state index contributed by atoms with van der Waals surface area (Å²) in [4.78, 5) is 0. The molecule has 3 rings (SSSR count). The second-order valence-electron chi connectivity index (χ2n) is 4.93. The molecule has 0 amide bonds. The molecule has 1 heterocycles. The molecule has 0 fully saturated rings. The lowest BCUT2D eigenvalue weighted by molar-refractivity contribution is 0.402. The van der Waals surface area contributed by atoms with Crippen molar-refractivity contribution in [3.63, 3.8) is 0 Å². The minimum atomic E-state index is -0.200. The number of fused-ring (bicyclic) bond motifs is 1. The fourth-order valence-electron chi connectivity index (χ4n) is 2.70. The average Bonchev–Trinajstić information content (AvgIpc) is 2.45. The molecule has 0 saturated heterocycles. The van der Waals surface area contributed by atoms with Gasteiger partial charge in [0.1, 0.15) is 11.5 Å². The summed E-state index contributed by atoms with van der Waals surface area (Å²) in [5, 5.41) is 42.2. The van der Waals surface area contributed by atoms with Crippen LogP contribution >= 0.6 is 0 Å². The van der Waals surface area contributed by atoms with Crippen LogP contribution in [0.25, 0.3) is 0 Å². The normalized spacial score (nSPS) is 17.7. The van der Waals surface area contributed by atoms with Gasteiger partial charge in [-0.05, 0) is 29.8 Å². The topological polar surface area (TPSA) is 93.0 Å². The van der Waals surface area contributed by atoms with Gasteiger partial charge in [-0.15, -0.1) is 0 Å². The monoisotopic (exact) mass is 273 g/mol. The van der Waals surface area contributed by atoms with E-state index in [1.807, 2.05) is 0 Å². The van der Waals surface area contributed by atoms with Gasteiger partial charge >= 0.3 is 0 Å². The van der Waals surface area contributed by atoms with Gasteiger partial charge in [-0.25, -0.2) is 0 Å². The van der Waals surface area contributed by atoms with Gasteiger partial charge in [-0.1, -0.05) is 6.07 Å². The highest BCUT2D eigenvalue weighted by atomic mass is 16.3. The lowest BCUT2D eigenvalue weighted by Crippen LogP contribution is -2.28. The van der Waals surface area contributed by atoms with E-state index in [-0.39, 0.29) is 28.9 Å². The number of nitrogens with one attached hydrogen (secondary N) is 1. The minimum Gasteiger partial charge on any atom is -0.508 e. The third kappa shape index (κ3) is 1.92. The molecule has 0 bridgehead atoms. The Morgan fingerprint density at radius 1 is 0.850 bits per heavy atom. The van der Waals surface area contributed by atoms with Crippen LogP contribution in [-0.4, -0.2) is 27.0 Å².